The highest BCUT2D eigenvalue weighted by Crippen LogP contribution is 2.28. The number of aromatic nitrogens is 1. The third kappa shape index (κ3) is 1.72. The number of aryl methyl sites for hydroxylation is 1. The lowest BCUT2D eigenvalue weighted by atomic mass is 10.0. The normalized spacial score (nSPS) is 10.9. The Morgan fingerprint density at radius 2 is 2.12 bits per heavy atom. The van der Waals surface area contributed by atoms with E-state index in [-0.39, 0.29) is 0 Å². The lowest BCUT2D eigenvalue weighted by molar-refractivity contribution is 0.425. The minimum absolute atomic E-state index is 0.826. The van der Waals surface area contributed by atoms with Crippen LogP contribution < -0.4 is 0 Å². The van der Waals surface area contributed by atoms with Crippen molar-refractivity contribution in [3.63, 3.8) is 0 Å². The molecule has 0 atom stereocenters. The van der Waals surface area contributed by atoms with Crippen LogP contribution in [0.5, 0.6) is 0 Å². The molecule has 1 radical (unpaired) electrons. The van der Waals surface area contributed by atoms with E-state index >= 15 is 0 Å². The molecule has 0 fully saturated rings. The van der Waals surface area contributed by atoms with Gasteiger partial charge in [0.25, 0.3) is 0 Å². The van der Waals surface area contributed by atoms with Crippen molar-refractivity contribution in [3.05, 3.63) is 54.2 Å². The van der Waals surface area contributed by atoms with E-state index in [1.54, 1.807) is 0 Å². The topological polar surface area (TPSA) is 26.0 Å². The van der Waals surface area contributed by atoms with Gasteiger partial charge in [-0.05, 0) is 29.3 Å². The second kappa shape index (κ2) is 4.06. The molecular weight excluding hydrogens is 210 g/mol. The summed E-state index contributed by atoms with van der Waals surface area (Å²) in [5, 5.41) is 6.28. The molecule has 0 N–H and O–H groups in total. The van der Waals surface area contributed by atoms with E-state index in [1.165, 1.54) is 0 Å². The summed E-state index contributed by atoms with van der Waals surface area (Å²) in [6.45, 7) is 2.07. The van der Waals surface area contributed by atoms with E-state index < -0.39 is 0 Å². The minimum atomic E-state index is 0.826. The molecule has 0 amide bonds. The SMILES string of the molecule is CCc1cc(-c2cc[c]c3ccccc23)on1. The summed E-state index contributed by atoms with van der Waals surface area (Å²) in [7, 11) is 0. The fraction of sp³-hybridized carbons (Fsp3) is 0.133. The van der Waals surface area contributed by atoms with Crippen molar-refractivity contribution in [3.8, 4) is 11.3 Å². The molecule has 2 nitrogen and oxygen atoms in total. The van der Waals surface area contributed by atoms with E-state index in [9.17, 15) is 0 Å². The summed E-state index contributed by atoms with van der Waals surface area (Å²) in [5.41, 5.74) is 2.06. The molecule has 0 unspecified atom stereocenters. The van der Waals surface area contributed by atoms with Gasteiger partial charge in [-0.25, -0.2) is 0 Å². The Labute approximate surface area is 99.9 Å². The summed E-state index contributed by atoms with van der Waals surface area (Å²) >= 11 is 0. The highest BCUT2D eigenvalue weighted by molar-refractivity contribution is 5.94. The van der Waals surface area contributed by atoms with Gasteiger partial charge in [-0.1, -0.05) is 42.4 Å². The highest BCUT2D eigenvalue weighted by Gasteiger charge is 2.08. The quantitative estimate of drug-likeness (QED) is 0.658. The first-order valence-electron chi connectivity index (χ1n) is 5.74. The van der Waals surface area contributed by atoms with Gasteiger partial charge in [0.1, 0.15) is 0 Å². The Kier molecular flexibility index (Phi) is 2.41. The zero-order chi connectivity index (χ0) is 11.7. The number of nitrogens with zero attached hydrogens (tertiary/aromatic N) is 1. The van der Waals surface area contributed by atoms with Gasteiger partial charge >= 0.3 is 0 Å². The van der Waals surface area contributed by atoms with E-state index in [4.69, 9.17) is 4.52 Å². The van der Waals surface area contributed by atoms with Crippen LogP contribution in [0.4, 0.5) is 0 Å². The molecule has 1 heterocycles. The first-order valence-corrected chi connectivity index (χ1v) is 5.74. The van der Waals surface area contributed by atoms with Gasteiger partial charge in [-0.3, -0.25) is 0 Å². The molecule has 3 rings (SSSR count). The maximum atomic E-state index is 5.39. The van der Waals surface area contributed by atoms with E-state index in [2.05, 4.69) is 30.3 Å². The molecule has 2 heteroatoms. The van der Waals surface area contributed by atoms with Crippen molar-refractivity contribution in [1.82, 2.24) is 5.16 Å². The lowest BCUT2D eigenvalue weighted by Gasteiger charge is -2.01. The largest absolute Gasteiger partial charge is 0.356 e. The standard InChI is InChI=1S/C15H12NO/c1-2-12-10-15(17-16-12)14-9-5-7-11-6-3-4-8-13(11)14/h3-6,8-10H,2H2,1H3. The molecule has 0 saturated heterocycles. The van der Waals surface area contributed by atoms with Gasteiger partial charge in [0, 0.05) is 11.6 Å². The van der Waals surface area contributed by atoms with Gasteiger partial charge in [0.05, 0.1) is 5.69 Å². The Morgan fingerprint density at radius 3 is 2.94 bits per heavy atom. The van der Waals surface area contributed by atoms with Crippen LogP contribution in [0.3, 0.4) is 0 Å². The third-order valence-electron chi connectivity index (χ3n) is 2.89. The number of fused-ring (bicyclic) bond motifs is 1. The van der Waals surface area contributed by atoms with E-state index in [0.29, 0.717) is 0 Å². The van der Waals surface area contributed by atoms with Crippen molar-refractivity contribution in [2.24, 2.45) is 0 Å². The molecule has 3 aromatic rings. The maximum Gasteiger partial charge on any atom is 0.167 e. The number of rotatable bonds is 2. The average Bonchev–Trinajstić information content (AvgIpc) is 2.87. The van der Waals surface area contributed by atoms with Crippen LogP contribution in [0.25, 0.3) is 22.1 Å². The molecule has 0 spiro atoms. The first-order chi connectivity index (χ1) is 8.38. The molecule has 0 aliphatic carbocycles. The van der Waals surface area contributed by atoms with Crippen molar-refractivity contribution in [1.29, 1.82) is 0 Å². The third-order valence-corrected chi connectivity index (χ3v) is 2.89. The molecule has 0 aliphatic heterocycles. The predicted molar refractivity (Wildman–Crippen MR) is 67.7 cm³/mol. The molecule has 0 saturated carbocycles. The van der Waals surface area contributed by atoms with E-state index in [0.717, 1.165) is 34.2 Å². The number of hydrogen-bond acceptors (Lipinski definition) is 2. The van der Waals surface area contributed by atoms with Gasteiger partial charge in [0.2, 0.25) is 0 Å². The second-order valence-corrected chi connectivity index (χ2v) is 3.97. The zero-order valence-electron chi connectivity index (χ0n) is 9.60. The smallest absolute Gasteiger partial charge is 0.167 e. The van der Waals surface area contributed by atoms with Crippen LogP contribution >= 0.6 is 0 Å². The summed E-state index contributed by atoms with van der Waals surface area (Å²) in [6.07, 6.45) is 0.889. The summed E-state index contributed by atoms with van der Waals surface area (Å²) in [4.78, 5) is 0. The first kappa shape index (κ1) is 10.1. The summed E-state index contributed by atoms with van der Waals surface area (Å²) < 4.78 is 5.39. The molecule has 83 valence electrons. The second-order valence-electron chi connectivity index (χ2n) is 3.97. The fourth-order valence-corrected chi connectivity index (χ4v) is 1.97. The monoisotopic (exact) mass is 222 g/mol. The van der Waals surface area contributed by atoms with Crippen LogP contribution in [-0.2, 0) is 6.42 Å². The highest BCUT2D eigenvalue weighted by atomic mass is 16.5. The number of hydrogen-bond donors (Lipinski definition) is 0. The molecule has 1 aromatic heterocycles. The van der Waals surface area contributed by atoms with Crippen LogP contribution in [0.1, 0.15) is 12.6 Å². The predicted octanol–water partition coefficient (Wildman–Crippen LogP) is 3.86. The Bertz CT molecular complexity index is 649. The Balaban J connectivity index is 2.23. The summed E-state index contributed by atoms with van der Waals surface area (Å²) in [6, 6.07) is 17.3. The molecular formula is C15H12NO. The zero-order valence-corrected chi connectivity index (χ0v) is 9.60. The van der Waals surface area contributed by atoms with Crippen LogP contribution in [0.15, 0.2) is 47.0 Å². The molecule has 0 aliphatic rings. The van der Waals surface area contributed by atoms with Crippen molar-refractivity contribution in [2.75, 3.05) is 0 Å². The fourth-order valence-electron chi connectivity index (χ4n) is 1.97. The maximum absolute atomic E-state index is 5.39. The Hall–Kier alpha value is -2.09. The van der Waals surface area contributed by atoms with Gasteiger partial charge in [-0.2, -0.15) is 0 Å². The average molecular weight is 222 g/mol. The minimum Gasteiger partial charge on any atom is -0.356 e. The summed E-state index contributed by atoms with van der Waals surface area (Å²) in [5.74, 6) is 0.826. The van der Waals surface area contributed by atoms with E-state index in [1.807, 2.05) is 30.3 Å². The van der Waals surface area contributed by atoms with Crippen molar-refractivity contribution < 1.29 is 4.52 Å². The molecule has 0 bridgehead atoms. The van der Waals surface area contributed by atoms with Crippen molar-refractivity contribution in [2.45, 2.75) is 13.3 Å². The number of benzene rings is 2. The molecule has 17 heavy (non-hydrogen) atoms. The Morgan fingerprint density at radius 1 is 1.24 bits per heavy atom. The van der Waals surface area contributed by atoms with Gasteiger partial charge in [0.15, 0.2) is 5.76 Å². The van der Waals surface area contributed by atoms with Crippen molar-refractivity contribution >= 4 is 10.8 Å². The van der Waals surface area contributed by atoms with Crippen LogP contribution in [0, 0.1) is 6.07 Å². The van der Waals surface area contributed by atoms with Gasteiger partial charge in [-0.15, -0.1) is 0 Å². The lowest BCUT2D eigenvalue weighted by Crippen LogP contribution is -1.78. The van der Waals surface area contributed by atoms with Gasteiger partial charge < -0.3 is 4.52 Å². The van der Waals surface area contributed by atoms with Crippen LogP contribution in [0.2, 0.25) is 0 Å². The molecule has 2 aromatic carbocycles. The van der Waals surface area contributed by atoms with Crippen LogP contribution in [-0.4, -0.2) is 5.16 Å².